The summed E-state index contributed by atoms with van der Waals surface area (Å²) in [7, 11) is 0. The Balaban J connectivity index is 1.38. The molecule has 0 unspecified atom stereocenters. The van der Waals surface area contributed by atoms with Crippen molar-refractivity contribution in [3.63, 3.8) is 0 Å². The Bertz CT molecular complexity index is 1400. The molecule has 0 saturated carbocycles. The Hall–Kier alpha value is -4.26. The van der Waals surface area contributed by atoms with E-state index in [9.17, 15) is 40.2 Å². The summed E-state index contributed by atoms with van der Waals surface area (Å²) in [6.45, 7) is -0.451. The molecule has 11 heteroatoms. The first-order valence-electron chi connectivity index (χ1n) is 14.6. The number of carbonyl (C=O) groups excluding carboxylic acids is 2. The standard InChI is InChI=1S/C34H38O11/c35-24-10-1-21(2-11-24)7-16-27(38)19-28(17-8-22-3-12-25(36)13-4-22)44-34-33(42)32(41)31(40)29(45-34)20-43-30(39)18-9-23-5-14-26(37)15-6-23/h1-6,9-15,18,28-29,31-37,40-42H,7-8,16-17,19-20H2/t28-,29+,31+,32-,33+,34+/m0/s1. The average Bonchev–Trinajstić information content (AvgIpc) is 3.03. The Morgan fingerprint density at radius 3 is 1.91 bits per heavy atom. The van der Waals surface area contributed by atoms with Gasteiger partial charge in [-0.25, -0.2) is 4.79 Å². The van der Waals surface area contributed by atoms with Crippen molar-refractivity contribution in [3.05, 3.63) is 95.6 Å². The van der Waals surface area contributed by atoms with E-state index in [0.717, 1.165) is 17.2 Å². The highest BCUT2D eigenvalue weighted by Crippen LogP contribution is 2.26. The fraction of sp³-hybridized carbons (Fsp3) is 0.353. The highest BCUT2D eigenvalue weighted by molar-refractivity contribution is 5.87. The monoisotopic (exact) mass is 622 g/mol. The van der Waals surface area contributed by atoms with E-state index in [1.54, 1.807) is 60.7 Å². The fourth-order valence-corrected chi connectivity index (χ4v) is 4.83. The van der Waals surface area contributed by atoms with Crippen LogP contribution in [0.25, 0.3) is 6.08 Å². The highest BCUT2D eigenvalue weighted by Gasteiger charge is 2.45. The van der Waals surface area contributed by atoms with Crippen LogP contribution in [0.4, 0.5) is 0 Å². The molecule has 0 spiro atoms. The van der Waals surface area contributed by atoms with Crippen LogP contribution in [0.5, 0.6) is 17.2 Å². The summed E-state index contributed by atoms with van der Waals surface area (Å²) in [6, 6.07) is 19.3. The lowest BCUT2D eigenvalue weighted by Gasteiger charge is -2.41. The molecular weight excluding hydrogens is 584 g/mol. The lowest BCUT2D eigenvalue weighted by Crippen LogP contribution is -2.60. The van der Waals surface area contributed by atoms with E-state index in [1.807, 2.05) is 0 Å². The summed E-state index contributed by atoms with van der Waals surface area (Å²) in [5.41, 5.74) is 2.39. The second-order valence-corrected chi connectivity index (χ2v) is 10.9. The molecule has 1 heterocycles. The zero-order valence-electron chi connectivity index (χ0n) is 24.5. The average molecular weight is 623 g/mol. The number of aliphatic hydroxyl groups excluding tert-OH is 3. The van der Waals surface area contributed by atoms with Gasteiger partial charge in [-0.15, -0.1) is 0 Å². The number of hydrogen-bond donors (Lipinski definition) is 6. The number of ketones is 1. The van der Waals surface area contributed by atoms with Crippen molar-refractivity contribution < 1.29 is 54.4 Å². The summed E-state index contributed by atoms with van der Waals surface area (Å²) < 4.78 is 17.0. The van der Waals surface area contributed by atoms with Crippen molar-refractivity contribution in [1.82, 2.24) is 0 Å². The smallest absolute Gasteiger partial charge is 0.330 e. The fourth-order valence-electron chi connectivity index (χ4n) is 4.83. The minimum absolute atomic E-state index is 0.0247. The highest BCUT2D eigenvalue weighted by atomic mass is 16.7. The number of ether oxygens (including phenoxy) is 3. The number of aromatic hydroxyl groups is 3. The van der Waals surface area contributed by atoms with Gasteiger partial charge < -0.3 is 44.8 Å². The van der Waals surface area contributed by atoms with Crippen LogP contribution >= 0.6 is 0 Å². The maximum Gasteiger partial charge on any atom is 0.330 e. The van der Waals surface area contributed by atoms with Gasteiger partial charge in [-0.1, -0.05) is 36.4 Å². The predicted octanol–water partition coefficient (Wildman–Crippen LogP) is 2.78. The molecule has 3 aromatic carbocycles. The normalized spacial score (nSPS) is 22.2. The molecule has 1 aliphatic heterocycles. The van der Waals surface area contributed by atoms with Crippen LogP contribution in [-0.2, 0) is 36.6 Å². The molecule has 0 amide bonds. The predicted molar refractivity (Wildman–Crippen MR) is 162 cm³/mol. The second-order valence-electron chi connectivity index (χ2n) is 10.9. The molecule has 4 rings (SSSR count). The Morgan fingerprint density at radius 2 is 1.31 bits per heavy atom. The molecule has 3 aromatic rings. The molecular formula is C34H38O11. The topological polar surface area (TPSA) is 183 Å². The van der Waals surface area contributed by atoms with E-state index in [0.29, 0.717) is 24.8 Å². The number of carbonyl (C=O) groups is 2. The molecule has 6 N–H and O–H groups in total. The summed E-state index contributed by atoms with van der Waals surface area (Å²) in [6.07, 6.45) is -4.26. The van der Waals surface area contributed by atoms with Crippen LogP contribution in [0.3, 0.4) is 0 Å². The number of hydrogen-bond acceptors (Lipinski definition) is 11. The molecule has 45 heavy (non-hydrogen) atoms. The van der Waals surface area contributed by atoms with Gasteiger partial charge in [-0.3, -0.25) is 4.79 Å². The van der Waals surface area contributed by atoms with E-state index in [4.69, 9.17) is 14.2 Å². The van der Waals surface area contributed by atoms with E-state index in [-0.39, 0.29) is 35.9 Å². The quantitative estimate of drug-likeness (QED) is 0.115. The number of Topliss-reactive ketones (excluding diaryl/α,β-unsaturated/α-hetero) is 1. The number of phenols is 3. The first-order valence-corrected chi connectivity index (χ1v) is 14.6. The maximum atomic E-state index is 13.0. The van der Waals surface area contributed by atoms with Gasteiger partial charge in [0.15, 0.2) is 6.29 Å². The number of rotatable bonds is 14. The van der Waals surface area contributed by atoms with Gasteiger partial charge in [0.1, 0.15) is 54.1 Å². The number of aryl methyl sites for hydroxylation is 2. The van der Waals surface area contributed by atoms with Crippen LogP contribution < -0.4 is 0 Å². The Morgan fingerprint density at radius 1 is 0.756 bits per heavy atom. The van der Waals surface area contributed by atoms with Gasteiger partial charge in [0, 0.05) is 18.9 Å². The van der Waals surface area contributed by atoms with Gasteiger partial charge in [-0.2, -0.15) is 0 Å². The largest absolute Gasteiger partial charge is 0.508 e. The lowest BCUT2D eigenvalue weighted by atomic mass is 9.98. The first kappa shape index (κ1) is 33.6. The van der Waals surface area contributed by atoms with E-state index in [2.05, 4.69) is 0 Å². The van der Waals surface area contributed by atoms with Crippen molar-refractivity contribution in [2.45, 2.75) is 68.9 Å². The molecule has 0 aromatic heterocycles. The molecule has 0 bridgehead atoms. The Kier molecular flexibility index (Phi) is 12.1. The first-order chi connectivity index (χ1) is 21.6. The number of aliphatic hydroxyl groups is 3. The number of phenolic OH excluding ortho intramolecular Hbond substituents is 3. The second kappa shape index (κ2) is 16.2. The maximum absolute atomic E-state index is 13.0. The van der Waals surface area contributed by atoms with Crippen LogP contribution in [0.15, 0.2) is 78.9 Å². The van der Waals surface area contributed by atoms with Crippen LogP contribution in [0, 0.1) is 0 Å². The van der Waals surface area contributed by atoms with E-state index < -0.39 is 49.4 Å². The summed E-state index contributed by atoms with van der Waals surface area (Å²) in [5, 5.41) is 60.2. The number of benzene rings is 3. The lowest BCUT2D eigenvalue weighted by molar-refractivity contribution is -0.311. The molecule has 1 aliphatic rings. The third-order valence-electron chi connectivity index (χ3n) is 7.47. The van der Waals surface area contributed by atoms with Gasteiger partial charge >= 0.3 is 5.97 Å². The summed E-state index contributed by atoms with van der Waals surface area (Å²) in [5.74, 6) is -0.537. The van der Waals surface area contributed by atoms with Crippen molar-refractivity contribution >= 4 is 17.8 Å². The molecule has 0 radical (unpaired) electrons. The SMILES string of the molecule is O=C(CCc1ccc(O)cc1)C[C@H](CCc1ccc(O)cc1)O[C@@H]1O[C@H](COC(=O)C=Cc2ccc(O)cc2)[C@@H](O)[C@H](O)[C@H]1O. The third kappa shape index (κ3) is 10.4. The van der Waals surface area contributed by atoms with Gasteiger partial charge in [0.2, 0.25) is 0 Å². The molecule has 11 nitrogen and oxygen atoms in total. The number of esters is 1. The molecule has 6 atom stereocenters. The zero-order valence-corrected chi connectivity index (χ0v) is 24.5. The van der Waals surface area contributed by atoms with Crippen molar-refractivity contribution in [2.24, 2.45) is 0 Å². The third-order valence-corrected chi connectivity index (χ3v) is 7.47. The van der Waals surface area contributed by atoms with Crippen molar-refractivity contribution in [3.8, 4) is 17.2 Å². The summed E-state index contributed by atoms with van der Waals surface area (Å²) in [4.78, 5) is 25.3. The van der Waals surface area contributed by atoms with Crippen LogP contribution in [-0.4, -0.2) is 85.8 Å². The van der Waals surface area contributed by atoms with Crippen LogP contribution in [0.1, 0.15) is 36.0 Å². The van der Waals surface area contributed by atoms with E-state index in [1.165, 1.54) is 18.2 Å². The zero-order chi connectivity index (χ0) is 32.3. The minimum atomic E-state index is -1.68. The molecule has 0 aliphatic carbocycles. The van der Waals surface area contributed by atoms with Crippen molar-refractivity contribution in [1.29, 1.82) is 0 Å². The minimum Gasteiger partial charge on any atom is -0.508 e. The molecule has 1 fully saturated rings. The van der Waals surface area contributed by atoms with E-state index >= 15 is 0 Å². The van der Waals surface area contributed by atoms with Crippen LogP contribution in [0.2, 0.25) is 0 Å². The van der Waals surface area contributed by atoms with Gasteiger partial charge in [0.05, 0.1) is 6.10 Å². The molecule has 240 valence electrons. The summed E-state index contributed by atoms with van der Waals surface area (Å²) >= 11 is 0. The molecule has 1 saturated heterocycles. The van der Waals surface area contributed by atoms with Gasteiger partial charge in [-0.05, 0) is 78.4 Å². The Labute approximate surface area is 260 Å². The van der Waals surface area contributed by atoms with Gasteiger partial charge in [0.25, 0.3) is 0 Å². The van der Waals surface area contributed by atoms with Crippen molar-refractivity contribution in [2.75, 3.05) is 6.61 Å².